The van der Waals surface area contributed by atoms with Crippen molar-refractivity contribution in [3.8, 4) is 11.6 Å². The van der Waals surface area contributed by atoms with E-state index in [4.69, 9.17) is 4.42 Å². The maximum Gasteiger partial charge on any atom is 0.504 e. The maximum atomic E-state index is 12.3. The molecule has 0 unspecified atom stereocenters. The van der Waals surface area contributed by atoms with Crippen LogP contribution in [0, 0.1) is 0 Å². The van der Waals surface area contributed by atoms with E-state index in [1.54, 1.807) is 0 Å². The zero-order chi connectivity index (χ0) is 12.6. The van der Waals surface area contributed by atoms with Crippen molar-refractivity contribution in [1.82, 2.24) is 20.0 Å². The Morgan fingerprint density at radius 1 is 1.29 bits per heavy atom. The Morgan fingerprint density at radius 2 is 2.00 bits per heavy atom. The van der Waals surface area contributed by atoms with Crippen LogP contribution in [0.3, 0.4) is 0 Å². The third-order valence-corrected chi connectivity index (χ3v) is 2.00. The summed E-state index contributed by atoms with van der Waals surface area (Å²) in [5, 5.41) is 10.7. The molecule has 0 amide bonds. The summed E-state index contributed by atoms with van der Waals surface area (Å²) in [4.78, 5) is 0. The smallest absolute Gasteiger partial charge is 0.419 e. The van der Waals surface area contributed by atoms with Crippen LogP contribution in [0.25, 0.3) is 11.6 Å². The highest BCUT2D eigenvalue weighted by atomic mass is 19.4. The second kappa shape index (κ2) is 3.86. The van der Waals surface area contributed by atoms with Gasteiger partial charge in [0.05, 0.1) is 0 Å². The number of aromatic nitrogens is 4. The van der Waals surface area contributed by atoms with Crippen LogP contribution in [0.5, 0.6) is 0 Å². The summed E-state index contributed by atoms with van der Waals surface area (Å²) in [6.07, 6.45) is -3.74. The number of nitrogens with zero attached hydrogens (tertiary/aromatic N) is 4. The SMILES string of the molecule is CC(C)c1nnc(-c2ccn(C(F)(F)F)n2)o1. The molecule has 0 N–H and O–H groups in total. The zero-order valence-corrected chi connectivity index (χ0v) is 9.06. The van der Waals surface area contributed by atoms with E-state index in [1.165, 1.54) is 6.07 Å². The molecule has 92 valence electrons. The maximum absolute atomic E-state index is 12.3. The van der Waals surface area contributed by atoms with Crippen LogP contribution in [0.1, 0.15) is 25.7 Å². The van der Waals surface area contributed by atoms with Gasteiger partial charge in [-0.15, -0.1) is 23.4 Å². The lowest BCUT2D eigenvalue weighted by Gasteiger charge is -2.03. The quantitative estimate of drug-likeness (QED) is 0.817. The van der Waals surface area contributed by atoms with Crippen molar-refractivity contribution >= 4 is 0 Å². The molecular formula is C9H9F3N4O. The predicted molar refractivity (Wildman–Crippen MR) is 50.9 cm³/mol. The lowest BCUT2D eigenvalue weighted by atomic mass is 10.2. The van der Waals surface area contributed by atoms with Gasteiger partial charge < -0.3 is 4.42 Å². The minimum Gasteiger partial charge on any atom is -0.419 e. The van der Waals surface area contributed by atoms with Gasteiger partial charge in [0.2, 0.25) is 5.89 Å². The molecular weight excluding hydrogens is 237 g/mol. The summed E-state index contributed by atoms with van der Waals surface area (Å²) in [5.74, 6) is 0.360. The molecule has 0 aliphatic heterocycles. The van der Waals surface area contributed by atoms with Gasteiger partial charge in [-0.05, 0) is 6.07 Å². The fourth-order valence-corrected chi connectivity index (χ4v) is 1.15. The first kappa shape index (κ1) is 11.6. The van der Waals surface area contributed by atoms with E-state index in [0.717, 1.165) is 6.20 Å². The summed E-state index contributed by atoms with van der Waals surface area (Å²) in [7, 11) is 0. The molecule has 2 rings (SSSR count). The highest BCUT2D eigenvalue weighted by Gasteiger charge is 2.32. The van der Waals surface area contributed by atoms with Gasteiger partial charge in [0.25, 0.3) is 5.89 Å². The van der Waals surface area contributed by atoms with Gasteiger partial charge in [0.15, 0.2) is 0 Å². The van der Waals surface area contributed by atoms with Gasteiger partial charge in [-0.3, -0.25) is 0 Å². The second-order valence-corrected chi connectivity index (χ2v) is 3.71. The number of hydrogen-bond donors (Lipinski definition) is 0. The second-order valence-electron chi connectivity index (χ2n) is 3.71. The Morgan fingerprint density at radius 3 is 2.47 bits per heavy atom. The Labute approximate surface area is 94.3 Å². The van der Waals surface area contributed by atoms with Gasteiger partial charge in [0.1, 0.15) is 5.69 Å². The average molecular weight is 246 g/mol. The summed E-state index contributed by atoms with van der Waals surface area (Å²) < 4.78 is 41.9. The van der Waals surface area contributed by atoms with Gasteiger partial charge in [0, 0.05) is 12.1 Å². The van der Waals surface area contributed by atoms with Gasteiger partial charge in [-0.1, -0.05) is 13.8 Å². The van der Waals surface area contributed by atoms with E-state index in [0.29, 0.717) is 5.89 Å². The van der Waals surface area contributed by atoms with Crippen LogP contribution in [-0.4, -0.2) is 20.0 Å². The minimum absolute atomic E-state index is 0.00160. The predicted octanol–water partition coefficient (Wildman–Crippen LogP) is 2.53. The van der Waals surface area contributed by atoms with E-state index >= 15 is 0 Å². The van der Waals surface area contributed by atoms with Gasteiger partial charge >= 0.3 is 6.30 Å². The highest BCUT2D eigenvalue weighted by Crippen LogP contribution is 2.24. The topological polar surface area (TPSA) is 56.7 Å². The molecule has 0 spiro atoms. The lowest BCUT2D eigenvalue weighted by molar-refractivity contribution is -0.212. The molecule has 2 aromatic rings. The molecule has 0 aliphatic carbocycles. The van der Waals surface area contributed by atoms with Crippen LogP contribution < -0.4 is 0 Å². The number of halogens is 3. The van der Waals surface area contributed by atoms with E-state index < -0.39 is 6.30 Å². The first-order chi connectivity index (χ1) is 7.88. The summed E-state index contributed by atoms with van der Waals surface area (Å²) in [6.45, 7) is 3.68. The van der Waals surface area contributed by atoms with E-state index in [1.807, 2.05) is 13.8 Å². The molecule has 8 heteroatoms. The van der Waals surface area contributed by atoms with Crippen molar-refractivity contribution < 1.29 is 17.6 Å². The number of hydrogen-bond acceptors (Lipinski definition) is 4. The normalized spacial score (nSPS) is 12.4. The molecule has 0 radical (unpaired) electrons. The monoisotopic (exact) mass is 246 g/mol. The van der Waals surface area contributed by atoms with Crippen LogP contribution in [0.15, 0.2) is 16.7 Å². The molecule has 17 heavy (non-hydrogen) atoms. The standard InChI is InChI=1S/C9H9F3N4O/c1-5(2)7-13-14-8(17-7)6-3-4-16(15-6)9(10,11)12/h3-5H,1-2H3. The molecule has 2 aromatic heterocycles. The Balaban J connectivity index is 2.31. The molecule has 5 nitrogen and oxygen atoms in total. The fourth-order valence-electron chi connectivity index (χ4n) is 1.15. The van der Waals surface area contributed by atoms with Crippen LogP contribution >= 0.6 is 0 Å². The van der Waals surface area contributed by atoms with Crippen LogP contribution in [0.2, 0.25) is 0 Å². The first-order valence-corrected chi connectivity index (χ1v) is 4.84. The Kier molecular flexibility index (Phi) is 2.64. The van der Waals surface area contributed by atoms with E-state index in [9.17, 15) is 13.2 Å². The lowest BCUT2D eigenvalue weighted by Crippen LogP contribution is -2.16. The van der Waals surface area contributed by atoms with E-state index in [-0.39, 0.29) is 22.2 Å². The van der Waals surface area contributed by atoms with Crippen molar-refractivity contribution in [2.75, 3.05) is 0 Å². The van der Waals surface area contributed by atoms with Crippen molar-refractivity contribution in [2.24, 2.45) is 0 Å². The third-order valence-electron chi connectivity index (χ3n) is 2.00. The summed E-state index contributed by atoms with van der Waals surface area (Å²) in [5.41, 5.74) is 0.00160. The molecule has 0 saturated carbocycles. The zero-order valence-electron chi connectivity index (χ0n) is 9.06. The van der Waals surface area contributed by atoms with Gasteiger partial charge in [-0.25, -0.2) is 0 Å². The van der Waals surface area contributed by atoms with Crippen molar-refractivity contribution in [1.29, 1.82) is 0 Å². The van der Waals surface area contributed by atoms with Crippen molar-refractivity contribution in [2.45, 2.75) is 26.1 Å². The third kappa shape index (κ3) is 2.29. The summed E-state index contributed by atoms with van der Waals surface area (Å²) >= 11 is 0. The average Bonchev–Trinajstić information content (AvgIpc) is 2.85. The largest absolute Gasteiger partial charge is 0.504 e. The highest BCUT2D eigenvalue weighted by molar-refractivity contribution is 5.44. The Bertz CT molecular complexity index is 514. The number of alkyl halides is 3. The molecule has 0 saturated heterocycles. The summed E-state index contributed by atoms with van der Waals surface area (Å²) in [6, 6.07) is 1.17. The van der Waals surface area contributed by atoms with E-state index in [2.05, 4.69) is 15.3 Å². The molecule has 0 fully saturated rings. The molecule has 0 aromatic carbocycles. The van der Waals surface area contributed by atoms with Crippen LogP contribution in [-0.2, 0) is 6.30 Å². The fraction of sp³-hybridized carbons (Fsp3) is 0.444. The first-order valence-electron chi connectivity index (χ1n) is 4.84. The van der Waals surface area contributed by atoms with Crippen LogP contribution in [0.4, 0.5) is 13.2 Å². The van der Waals surface area contributed by atoms with Crippen molar-refractivity contribution in [3.63, 3.8) is 0 Å². The molecule has 0 atom stereocenters. The number of rotatable bonds is 2. The molecule has 0 aliphatic rings. The molecule has 2 heterocycles. The molecule has 0 bridgehead atoms. The minimum atomic E-state index is -4.54. The van der Waals surface area contributed by atoms with Gasteiger partial charge in [-0.2, -0.15) is 9.78 Å². The Hall–Kier alpha value is -1.86. The van der Waals surface area contributed by atoms with Crippen molar-refractivity contribution in [3.05, 3.63) is 18.2 Å².